The van der Waals surface area contributed by atoms with Crippen LogP contribution in [0.15, 0.2) is 48.5 Å². The van der Waals surface area contributed by atoms with Gasteiger partial charge < -0.3 is 14.8 Å². The predicted octanol–water partition coefficient (Wildman–Crippen LogP) is 3.61. The van der Waals surface area contributed by atoms with Gasteiger partial charge in [-0.3, -0.25) is 4.79 Å². The van der Waals surface area contributed by atoms with E-state index in [0.717, 1.165) is 16.7 Å². The van der Waals surface area contributed by atoms with E-state index in [4.69, 9.17) is 9.47 Å². The fourth-order valence-electron chi connectivity index (χ4n) is 2.49. The second-order valence-corrected chi connectivity index (χ2v) is 5.61. The normalized spacial score (nSPS) is 10.5. The van der Waals surface area contributed by atoms with Gasteiger partial charge in [-0.1, -0.05) is 19.1 Å². The number of nitrogens with one attached hydrogen (secondary N) is 1. The van der Waals surface area contributed by atoms with Gasteiger partial charge in [-0.2, -0.15) is 4.98 Å². The van der Waals surface area contributed by atoms with Crippen molar-refractivity contribution in [1.29, 1.82) is 0 Å². The summed E-state index contributed by atoms with van der Waals surface area (Å²) in [5, 5.41) is 3.59. The summed E-state index contributed by atoms with van der Waals surface area (Å²) in [6, 6.07) is 14.8. The lowest BCUT2D eigenvalue weighted by atomic mass is 10.2. The highest BCUT2D eigenvalue weighted by atomic mass is 16.5. The van der Waals surface area contributed by atoms with E-state index >= 15 is 0 Å². The maximum atomic E-state index is 12.2. The summed E-state index contributed by atoms with van der Waals surface area (Å²) in [5.41, 5.74) is 1.49. The molecule has 0 aliphatic heterocycles. The van der Waals surface area contributed by atoms with Crippen molar-refractivity contribution in [2.24, 2.45) is 0 Å². The van der Waals surface area contributed by atoms with Gasteiger partial charge in [0.1, 0.15) is 11.6 Å². The van der Waals surface area contributed by atoms with E-state index in [9.17, 15) is 4.79 Å². The lowest BCUT2D eigenvalue weighted by Crippen LogP contribution is -2.20. The van der Waals surface area contributed by atoms with Crippen LogP contribution in [0.4, 0.5) is 5.69 Å². The van der Waals surface area contributed by atoms with E-state index in [0.29, 0.717) is 30.4 Å². The summed E-state index contributed by atoms with van der Waals surface area (Å²) in [7, 11) is 0. The van der Waals surface area contributed by atoms with E-state index in [1.807, 2.05) is 50.2 Å². The van der Waals surface area contributed by atoms with Crippen molar-refractivity contribution in [1.82, 2.24) is 9.97 Å². The molecule has 134 valence electrons. The molecule has 26 heavy (non-hydrogen) atoms. The minimum absolute atomic E-state index is 0.128. The molecule has 2 aromatic carbocycles. The number of para-hydroxylation sites is 1. The maximum absolute atomic E-state index is 12.2. The number of ether oxygens (including phenoxy) is 2. The first-order chi connectivity index (χ1) is 12.7. The molecule has 0 bridgehead atoms. The molecule has 0 radical (unpaired) electrons. The number of aryl methyl sites for hydroxylation is 1. The van der Waals surface area contributed by atoms with Gasteiger partial charge in [0.25, 0.3) is 5.91 Å². The zero-order valence-corrected chi connectivity index (χ0v) is 14.9. The smallest absolute Gasteiger partial charge is 0.262 e. The molecule has 1 heterocycles. The Morgan fingerprint density at radius 3 is 2.50 bits per heavy atom. The van der Waals surface area contributed by atoms with Crippen molar-refractivity contribution in [3.63, 3.8) is 0 Å². The van der Waals surface area contributed by atoms with Crippen LogP contribution in [0.25, 0.3) is 10.9 Å². The monoisotopic (exact) mass is 351 g/mol. The highest BCUT2D eigenvalue weighted by Crippen LogP contribution is 2.22. The molecular formula is C20H21N3O3. The highest BCUT2D eigenvalue weighted by molar-refractivity contribution is 5.92. The van der Waals surface area contributed by atoms with Gasteiger partial charge in [-0.05, 0) is 43.3 Å². The Morgan fingerprint density at radius 2 is 1.77 bits per heavy atom. The van der Waals surface area contributed by atoms with E-state index in [2.05, 4.69) is 15.3 Å². The number of rotatable bonds is 7. The van der Waals surface area contributed by atoms with Crippen molar-refractivity contribution in [2.75, 3.05) is 18.5 Å². The summed E-state index contributed by atoms with van der Waals surface area (Å²) in [5.74, 6) is 1.62. The van der Waals surface area contributed by atoms with E-state index in [1.54, 1.807) is 12.1 Å². The minimum Gasteiger partial charge on any atom is -0.494 e. The molecule has 0 aliphatic rings. The topological polar surface area (TPSA) is 73.3 Å². The Balaban J connectivity index is 1.66. The molecule has 6 heteroatoms. The number of benzene rings is 2. The van der Waals surface area contributed by atoms with E-state index < -0.39 is 0 Å². The van der Waals surface area contributed by atoms with Crippen LogP contribution in [0.1, 0.15) is 19.7 Å². The highest BCUT2D eigenvalue weighted by Gasteiger charge is 2.10. The molecule has 0 aliphatic carbocycles. The lowest BCUT2D eigenvalue weighted by Gasteiger charge is -2.10. The average molecular weight is 351 g/mol. The third-order valence-corrected chi connectivity index (χ3v) is 3.72. The molecular weight excluding hydrogens is 330 g/mol. The summed E-state index contributed by atoms with van der Waals surface area (Å²) >= 11 is 0. The van der Waals surface area contributed by atoms with Crippen molar-refractivity contribution in [3.05, 3.63) is 54.4 Å². The van der Waals surface area contributed by atoms with Crippen molar-refractivity contribution >= 4 is 22.5 Å². The maximum Gasteiger partial charge on any atom is 0.262 e. The van der Waals surface area contributed by atoms with Gasteiger partial charge in [0.2, 0.25) is 5.88 Å². The molecule has 0 saturated carbocycles. The van der Waals surface area contributed by atoms with Crippen LogP contribution in [0.5, 0.6) is 11.6 Å². The SMILES string of the molecule is CCOc1ccc(NC(=O)COc2nc(CC)nc3ccccc23)cc1. The minimum atomic E-state index is -0.255. The second kappa shape index (κ2) is 8.29. The van der Waals surface area contributed by atoms with Gasteiger partial charge in [-0.15, -0.1) is 0 Å². The van der Waals surface area contributed by atoms with Gasteiger partial charge in [0.15, 0.2) is 6.61 Å². The lowest BCUT2D eigenvalue weighted by molar-refractivity contribution is -0.118. The third-order valence-electron chi connectivity index (χ3n) is 3.72. The number of hydrogen-bond donors (Lipinski definition) is 1. The zero-order valence-electron chi connectivity index (χ0n) is 14.9. The molecule has 0 spiro atoms. The number of aromatic nitrogens is 2. The molecule has 0 fully saturated rings. The number of nitrogens with zero attached hydrogens (tertiary/aromatic N) is 2. The van der Waals surface area contributed by atoms with Crippen molar-refractivity contribution < 1.29 is 14.3 Å². The number of amides is 1. The van der Waals surface area contributed by atoms with Crippen LogP contribution in [-0.2, 0) is 11.2 Å². The Hall–Kier alpha value is -3.15. The van der Waals surface area contributed by atoms with Crippen LogP contribution < -0.4 is 14.8 Å². The van der Waals surface area contributed by atoms with Gasteiger partial charge in [0.05, 0.1) is 17.5 Å². The summed E-state index contributed by atoms with van der Waals surface area (Å²) in [4.78, 5) is 21.0. The van der Waals surface area contributed by atoms with Crippen LogP contribution >= 0.6 is 0 Å². The first-order valence-electron chi connectivity index (χ1n) is 8.60. The molecule has 6 nitrogen and oxygen atoms in total. The molecule has 0 atom stereocenters. The molecule has 3 aromatic rings. The number of carbonyl (C=O) groups excluding carboxylic acids is 1. The van der Waals surface area contributed by atoms with Crippen LogP contribution in [0.2, 0.25) is 0 Å². The molecule has 0 saturated heterocycles. The number of fused-ring (bicyclic) bond motifs is 1. The van der Waals surface area contributed by atoms with E-state index in [-0.39, 0.29) is 12.5 Å². The second-order valence-electron chi connectivity index (χ2n) is 5.61. The first-order valence-corrected chi connectivity index (χ1v) is 8.60. The molecule has 3 rings (SSSR count). The number of anilines is 1. The molecule has 1 aromatic heterocycles. The van der Waals surface area contributed by atoms with Crippen LogP contribution in [0, 0.1) is 0 Å². The van der Waals surface area contributed by atoms with Gasteiger partial charge >= 0.3 is 0 Å². The van der Waals surface area contributed by atoms with Crippen LogP contribution in [0.3, 0.4) is 0 Å². The van der Waals surface area contributed by atoms with Crippen molar-refractivity contribution in [2.45, 2.75) is 20.3 Å². The Bertz CT molecular complexity index is 894. The third kappa shape index (κ3) is 4.27. The molecule has 1 N–H and O–H groups in total. The van der Waals surface area contributed by atoms with Gasteiger partial charge in [-0.25, -0.2) is 4.98 Å². The quantitative estimate of drug-likeness (QED) is 0.704. The Kier molecular flexibility index (Phi) is 5.63. The Labute approximate surface area is 152 Å². The summed E-state index contributed by atoms with van der Waals surface area (Å²) < 4.78 is 11.1. The van der Waals surface area contributed by atoms with Crippen LogP contribution in [-0.4, -0.2) is 29.1 Å². The van der Waals surface area contributed by atoms with E-state index in [1.165, 1.54) is 0 Å². The molecule has 0 unspecified atom stereocenters. The first kappa shape index (κ1) is 17.7. The standard InChI is InChI=1S/C20H21N3O3/c1-3-18-22-17-8-6-5-7-16(17)20(23-18)26-13-19(24)21-14-9-11-15(12-10-14)25-4-2/h5-12H,3-4,13H2,1-2H3,(H,21,24). The van der Waals surface area contributed by atoms with Crippen molar-refractivity contribution in [3.8, 4) is 11.6 Å². The fraction of sp³-hybridized carbons (Fsp3) is 0.250. The molecule has 1 amide bonds. The number of hydrogen-bond acceptors (Lipinski definition) is 5. The average Bonchev–Trinajstić information content (AvgIpc) is 2.67. The largest absolute Gasteiger partial charge is 0.494 e. The predicted molar refractivity (Wildman–Crippen MR) is 101 cm³/mol. The Morgan fingerprint density at radius 1 is 1.00 bits per heavy atom. The number of carbonyl (C=O) groups is 1. The fourth-order valence-corrected chi connectivity index (χ4v) is 2.49. The van der Waals surface area contributed by atoms with Gasteiger partial charge in [0, 0.05) is 12.1 Å². The zero-order chi connectivity index (χ0) is 18.4. The summed E-state index contributed by atoms with van der Waals surface area (Å²) in [6.45, 7) is 4.38. The summed E-state index contributed by atoms with van der Waals surface area (Å²) in [6.07, 6.45) is 0.694.